The molecule has 26 heavy (non-hydrogen) atoms. The molecule has 0 saturated heterocycles. The number of anilines is 1. The van der Waals surface area contributed by atoms with Crippen LogP contribution in [-0.4, -0.2) is 15.6 Å². The predicted molar refractivity (Wildman–Crippen MR) is 103 cm³/mol. The van der Waals surface area contributed by atoms with Gasteiger partial charge in [0, 0.05) is 16.9 Å². The molecule has 2 amide bonds. The van der Waals surface area contributed by atoms with E-state index >= 15 is 0 Å². The fourth-order valence-electron chi connectivity index (χ4n) is 2.79. The van der Waals surface area contributed by atoms with E-state index in [1.807, 2.05) is 38.1 Å². The Morgan fingerprint density at radius 2 is 1.85 bits per heavy atom. The highest BCUT2D eigenvalue weighted by Crippen LogP contribution is 2.23. The fraction of sp³-hybridized carbons (Fsp3) is 0.158. The minimum atomic E-state index is -0.383. The van der Waals surface area contributed by atoms with Gasteiger partial charge in [-0.15, -0.1) is 0 Å². The normalized spacial score (nSPS) is 11.8. The number of aromatic nitrogens is 2. The maximum atomic E-state index is 12.4. The van der Waals surface area contributed by atoms with E-state index in [0.29, 0.717) is 16.4 Å². The Hall–Kier alpha value is -2.99. The van der Waals surface area contributed by atoms with Gasteiger partial charge in [0.25, 0.3) is 0 Å². The summed E-state index contributed by atoms with van der Waals surface area (Å²) >= 11 is 6.18. The van der Waals surface area contributed by atoms with Crippen molar-refractivity contribution in [3.63, 3.8) is 0 Å². The second-order valence-corrected chi connectivity index (χ2v) is 6.34. The molecule has 0 aliphatic rings. The summed E-state index contributed by atoms with van der Waals surface area (Å²) in [6, 6.07) is 13.8. The smallest absolute Gasteiger partial charge is 0.330 e. The number of nitrogens with zero attached hydrogens (tertiary/aromatic N) is 1. The van der Waals surface area contributed by atoms with Gasteiger partial charge in [0.1, 0.15) is 0 Å². The van der Waals surface area contributed by atoms with Crippen LogP contribution in [0.1, 0.15) is 24.2 Å². The maximum absolute atomic E-state index is 12.4. The van der Waals surface area contributed by atoms with Crippen LogP contribution in [0.15, 0.2) is 59.5 Å². The first kappa shape index (κ1) is 17.8. The molecule has 3 N–H and O–H groups in total. The minimum absolute atomic E-state index is 0.262. The van der Waals surface area contributed by atoms with Crippen LogP contribution in [-0.2, 0) is 0 Å². The Morgan fingerprint density at radius 1 is 1.15 bits per heavy atom. The Morgan fingerprint density at radius 3 is 2.54 bits per heavy atom. The number of aryl methyl sites for hydroxylation is 1. The van der Waals surface area contributed by atoms with Gasteiger partial charge in [-0.3, -0.25) is 4.57 Å². The van der Waals surface area contributed by atoms with Gasteiger partial charge in [-0.05, 0) is 37.6 Å². The molecule has 7 heteroatoms. The third-order valence-corrected chi connectivity index (χ3v) is 4.42. The van der Waals surface area contributed by atoms with Crippen LogP contribution in [0.3, 0.4) is 0 Å². The molecule has 134 valence electrons. The number of para-hydroxylation sites is 2. The van der Waals surface area contributed by atoms with Crippen LogP contribution in [0.4, 0.5) is 10.5 Å². The summed E-state index contributed by atoms with van der Waals surface area (Å²) < 4.78 is 1.51. The van der Waals surface area contributed by atoms with Crippen molar-refractivity contribution in [3.05, 3.63) is 81.5 Å². The molecule has 0 bridgehead atoms. The number of H-pyrrole nitrogens is 1. The van der Waals surface area contributed by atoms with Crippen LogP contribution in [0.5, 0.6) is 0 Å². The first-order valence-electron chi connectivity index (χ1n) is 8.15. The van der Waals surface area contributed by atoms with E-state index < -0.39 is 0 Å². The van der Waals surface area contributed by atoms with Gasteiger partial charge in [-0.2, -0.15) is 0 Å². The van der Waals surface area contributed by atoms with Crippen molar-refractivity contribution in [1.82, 2.24) is 14.9 Å². The monoisotopic (exact) mass is 370 g/mol. The summed E-state index contributed by atoms with van der Waals surface area (Å²) in [4.78, 5) is 27.1. The third kappa shape index (κ3) is 3.65. The van der Waals surface area contributed by atoms with Gasteiger partial charge in [0.15, 0.2) is 0 Å². The lowest BCUT2D eigenvalue weighted by atomic mass is 10.1. The number of hydrogen-bond acceptors (Lipinski definition) is 2. The molecule has 0 aliphatic heterocycles. The van der Waals surface area contributed by atoms with E-state index in [0.717, 1.165) is 11.3 Å². The summed E-state index contributed by atoms with van der Waals surface area (Å²) in [7, 11) is 0. The lowest BCUT2D eigenvalue weighted by Gasteiger charge is -2.17. The number of rotatable bonds is 4. The standard InChI is InChI=1S/C19H19ClN4O2/c1-12-11-21-19(26)24(12)17-10-6-5-9-16(17)23-18(25)22-13(2)14-7-3-4-8-15(14)20/h3-11,13H,1-2H3,(H,21,26)(H2,22,23,25). The van der Waals surface area contributed by atoms with Crippen molar-refractivity contribution in [2.45, 2.75) is 19.9 Å². The van der Waals surface area contributed by atoms with Crippen molar-refractivity contribution in [2.24, 2.45) is 0 Å². The molecule has 1 atom stereocenters. The van der Waals surface area contributed by atoms with Gasteiger partial charge in [0.05, 0.1) is 17.4 Å². The zero-order valence-corrected chi connectivity index (χ0v) is 15.2. The van der Waals surface area contributed by atoms with E-state index in [9.17, 15) is 9.59 Å². The van der Waals surface area contributed by atoms with Crippen LogP contribution in [0.2, 0.25) is 5.02 Å². The number of carbonyl (C=O) groups is 1. The number of aromatic amines is 1. The molecule has 6 nitrogen and oxygen atoms in total. The van der Waals surface area contributed by atoms with E-state index in [1.165, 1.54) is 4.57 Å². The van der Waals surface area contributed by atoms with E-state index in [-0.39, 0.29) is 17.8 Å². The maximum Gasteiger partial charge on any atom is 0.330 e. The average molecular weight is 371 g/mol. The molecule has 3 rings (SSSR count). The first-order valence-corrected chi connectivity index (χ1v) is 8.53. The highest BCUT2D eigenvalue weighted by Gasteiger charge is 2.15. The molecule has 0 spiro atoms. The van der Waals surface area contributed by atoms with Gasteiger partial charge in [0.2, 0.25) is 0 Å². The van der Waals surface area contributed by atoms with Crippen molar-refractivity contribution >= 4 is 23.3 Å². The zero-order valence-electron chi connectivity index (χ0n) is 14.4. The number of urea groups is 1. The van der Waals surface area contributed by atoms with Crippen LogP contribution in [0, 0.1) is 6.92 Å². The third-order valence-electron chi connectivity index (χ3n) is 4.07. The van der Waals surface area contributed by atoms with Crippen molar-refractivity contribution in [3.8, 4) is 5.69 Å². The molecule has 0 aliphatic carbocycles. The highest BCUT2D eigenvalue weighted by atomic mass is 35.5. The summed E-state index contributed by atoms with van der Waals surface area (Å²) in [5.74, 6) is 0. The number of halogens is 1. The summed E-state index contributed by atoms with van der Waals surface area (Å²) in [6.45, 7) is 3.67. The van der Waals surface area contributed by atoms with Crippen molar-refractivity contribution in [2.75, 3.05) is 5.32 Å². The SMILES string of the molecule is Cc1c[nH]c(=O)n1-c1ccccc1NC(=O)NC(C)c1ccccc1Cl. The topological polar surface area (TPSA) is 78.9 Å². The van der Waals surface area contributed by atoms with Gasteiger partial charge >= 0.3 is 11.7 Å². The minimum Gasteiger partial charge on any atom is -0.331 e. The van der Waals surface area contributed by atoms with E-state index in [4.69, 9.17) is 11.6 Å². The van der Waals surface area contributed by atoms with Gasteiger partial charge in [-0.25, -0.2) is 9.59 Å². The quantitative estimate of drug-likeness (QED) is 0.648. The first-order chi connectivity index (χ1) is 12.5. The van der Waals surface area contributed by atoms with Crippen LogP contribution in [0.25, 0.3) is 5.69 Å². The number of amides is 2. The van der Waals surface area contributed by atoms with Gasteiger partial charge < -0.3 is 15.6 Å². The molecule has 1 aromatic heterocycles. The molecule has 1 unspecified atom stereocenters. The lowest BCUT2D eigenvalue weighted by molar-refractivity contribution is 0.249. The molecule has 0 saturated carbocycles. The van der Waals surface area contributed by atoms with Crippen molar-refractivity contribution < 1.29 is 4.79 Å². The Kier molecular flexibility index (Phi) is 5.14. The predicted octanol–water partition coefficient (Wildman–Crippen LogP) is 4.01. The fourth-order valence-corrected chi connectivity index (χ4v) is 3.09. The van der Waals surface area contributed by atoms with E-state index in [2.05, 4.69) is 15.6 Å². The van der Waals surface area contributed by atoms with Crippen LogP contribution < -0.4 is 16.3 Å². The highest BCUT2D eigenvalue weighted by molar-refractivity contribution is 6.31. The molecule has 2 aromatic carbocycles. The molecular formula is C19H19ClN4O2. The summed E-state index contributed by atoms with van der Waals surface area (Å²) in [6.07, 6.45) is 1.62. The molecule has 0 fully saturated rings. The van der Waals surface area contributed by atoms with E-state index in [1.54, 1.807) is 30.5 Å². The largest absolute Gasteiger partial charge is 0.331 e. The second kappa shape index (κ2) is 7.49. The zero-order chi connectivity index (χ0) is 18.7. The average Bonchev–Trinajstić information content (AvgIpc) is 2.94. The Bertz CT molecular complexity index is 993. The molecular weight excluding hydrogens is 352 g/mol. The summed E-state index contributed by atoms with van der Waals surface area (Å²) in [5, 5.41) is 6.26. The number of hydrogen-bond donors (Lipinski definition) is 3. The number of carbonyl (C=O) groups excluding carboxylic acids is 1. The van der Waals surface area contributed by atoms with Crippen LogP contribution >= 0.6 is 11.6 Å². The van der Waals surface area contributed by atoms with Gasteiger partial charge in [-0.1, -0.05) is 41.9 Å². The second-order valence-electron chi connectivity index (χ2n) is 5.93. The molecule has 3 aromatic rings. The molecule has 1 heterocycles. The van der Waals surface area contributed by atoms with Crippen molar-refractivity contribution in [1.29, 1.82) is 0 Å². The Balaban J connectivity index is 1.81. The number of benzene rings is 2. The summed E-state index contributed by atoms with van der Waals surface area (Å²) in [5.41, 5.74) is 2.43. The number of nitrogens with one attached hydrogen (secondary N) is 3. The lowest BCUT2D eigenvalue weighted by Crippen LogP contribution is -2.32. The number of imidazole rings is 1. The Labute approximate surface area is 155 Å². The molecule has 0 radical (unpaired) electrons.